The van der Waals surface area contributed by atoms with E-state index >= 15 is 0 Å². The van der Waals surface area contributed by atoms with E-state index in [0.717, 1.165) is 11.1 Å². The van der Waals surface area contributed by atoms with Crippen LogP contribution in [0.3, 0.4) is 0 Å². The second-order valence-electron chi connectivity index (χ2n) is 6.78. The predicted octanol–water partition coefficient (Wildman–Crippen LogP) is 4.04. The van der Waals surface area contributed by atoms with Gasteiger partial charge in [-0.15, -0.1) is 0 Å². The molecule has 148 valence electrons. The van der Waals surface area contributed by atoms with Gasteiger partial charge >= 0.3 is 0 Å². The van der Waals surface area contributed by atoms with Gasteiger partial charge in [0.15, 0.2) is 0 Å². The van der Waals surface area contributed by atoms with E-state index in [2.05, 4.69) is 10.6 Å². The number of amides is 2. The van der Waals surface area contributed by atoms with Crippen LogP contribution in [-0.4, -0.2) is 18.4 Å². The van der Waals surface area contributed by atoms with Gasteiger partial charge in [0, 0.05) is 24.2 Å². The Labute approximate surface area is 169 Å². The number of halogens is 1. The van der Waals surface area contributed by atoms with Crippen molar-refractivity contribution < 1.29 is 14.0 Å². The topological polar surface area (TPSA) is 58.2 Å². The van der Waals surface area contributed by atoms with Gasteiger partial charge in [0.05, 0.1) is 0 Å². The number of hydrogen-bond donors (Lipinski definition) is 2. The maximum Gasteiger partial charge on any atom is 0.251 e. The summed E-state index contributed by atoms with van der Waals surface area (Å²) in [4.78, 5) is 24.6. The number of carbonyl (C=O) groups is 2. The first kappa shape index (κ1) is 20.3. The predicted molar refractivity (Wildman–Crippen MR) is 111 cm³/mol. The summed E-state index contributed by atoms with van der Waals surface area (Å²) in [6.07, 6.45) is 0.414. The zero-order valence-corrected chi connectivity index (χ0v) is 16.2. The van der Waals surface area contributed by atoms with Crippen LogP contribution in [0.2, 0.25) is 0 Å². The first-order chi connectivity index (χ1) is 14.0. The maximum absolute atomic E-state index is 13.6. The average Bonchev–Trinajstić information content (AvgIpc) is 2.74. The molecule has 2 N–H and O–H groups in total. The third-order valence-electron chi connectivity index (χ3n) is 4.75. The van der Waals surface area contributed by atoms with Gasteiger partial charge in [0.2, 0.25) is 0 Å². The Morgan fingerprint density at radius 2 is 1.31 bits per heavy atom. The minimum absolute atomic E-state index is 0.195. The summed E-state index contributed by atoms with van der Waals surface area (Å²) in [5.74, 6) is -0.726. The molecule has 5 heteroatoms. The molecule has 0 radical (unpaired) electrons. The van der Waals surface area contributed by atoms with Gasteiger partial charge in [0.1, 0.15) is 5.82 Å². The molecule has 0 spiro atoms. The molecule has 4 nitrogen and oxygen atoms in total. The van der Waals surface area contributed by atoms with Crippen molar-refractivity contribution in [2.75, 3.05) is 6.54 Å². The minimum atomic E-state index is -0.275. The molecule has 0 aliphatic carbocycles. The molecule has 0 saturated heterocycles. The van der Waals surface area contributed by atoms with E-state index in [0.29, 0.717) is 36.2 Å². The molecule has 0 aliphatic rings. The van der Waals surface area contributed by atoms with Crippen molar-refractivity contribution in [3.63, 3.8) is 0 Å². The fourth-order valence-corrected chi connectivity index (χ4v) is 2.97. The normalized spacial score (nSPS) is 10.4. The van der Waals surface area contributed by atoms with Gasteiger partial charge in [-0.05, 0) is 60.4 Å². The average molecular weight is 390 g/mol. The number of benzene rings is 3. The Morgan fingerprint density at radius 3 is 1.93 bits per heavy atom. The van der Waals surface area contributed by atoms with E-state index in [1.54, 1.807) is 42.5 Å². The highest BCUT2D eigenvalue weighted by atomic mass is 19.1. The highest BCUT2D eigenvalue weighted by Gasteiger charge is 2.10. The molecule has 0 aliphatic heterocycles. The van der Waals surface area contributed by atoms with E-state index in [1.807, 2.05) is 31.2 Å². The summed E-state index contributed by atoms with van der Waals surface area (Å²) in [6.45, 7) is 2.78. The molecular formula is C24H23FN2O2. The lowest BCUT2D eigenvalue weighted by atomic mass is 10.1. The van der Waals surface area contributed by atoms with Crippen molar-refractivity contribution in [3.8, 4) is 0 Å². The molecule has 0 saturated carbocycles. The third-order valence-corrected chi connectivity index (χ3v) is 4.75. The zero-order valence-electron chi connectivity index (χ0n) is 16.2. The lowest BCUT2D eigenvalue weighted by Gasteiger charge is -2.09. The maximum atomic E-state index is 13.6. The van der Waals surface area contributed by atoms with Gasteiger partial charge in [0.25, 0.3) is 11.8 Å². The van der Waals surface area contributed by atoms with Gasteiger partial charge < -0.3 is 10.6 Å². The molecule has 0 atom stereocenters. The highest BCUT2D eigenvalue weighted by Crippen LogP contribution is 2.09. The van der Waals surface area contributed by atoms with E-state index in [4.69, 9.17) is 0 Å². The van der Waals surface area contributed by atoms with Gasteiger partial charge in [-0.3, -0.25) is 9.59 Å². The van der Waals surface area contributed by atoms with Crippen molar-refractivity contribution in [1.29, 1.82) is 0 Å². The molecule has 29 heavy (non-hydrogen) atoms. The second kappa shape index (κ2) is 9.64. The van der Waals surface area contributed by atoms with Crippen molar-refractivity contribution in [3.05, 3.63) is 106 Å². The van der Waals surface area contributed by atoms with Crippen molar-refractivity contribution in [1.82, 2.24) is 10.6 Å². The lowest BCUT2D eigenvalue weighted by Crippen LogP contribution is -2.26. The minimum Gasteiger partial charge on any atom is -0.352 e. The number of rotatable bonds is 7. The lowest BCUT2D eigenvalue weighted by molar-refractivity contribution is 0.0940. The summed E-state index contributed by atoms with van der Waals surface area (Å²) in [6, 6.07) is 20.9. The van der Waals surface area contributed by atoms with Gasteiger partial charge in [-0.2, -0.15) is 0 Å². The van der Waals surface area contributed by atoms with Crippen LogP contribution in [0, 0.1) is 12.7 Å². The van der Waals surface area contributed by atoms with Crippen molar-refractivity contribution in [2.24, 2.45) is 0 Å². The fraction of sp³-hybridized carbons (Fsp3) is 0.167. The van der Waals surface area contributed by atoms with Crippen LogP contribution < -0.4 is 10.6 Å². The summed E-state index contributed by atoms with van der Waals surface area (Å²) >= 11 is 0. The van der Waals surface area contributed by atoms with Crippen LogP contribution in [-0.2, 0) is 13.0 Å². The van der Waals surface area contributed by atoms with Crippen LogP contribution >= 0.6 is 0 Å². The molecule has 0 aromatic heterocycles. The molecule has 2 amide bonds. The fourth-order valence-electron chi connectivity index (χ4n) is 2.97. The number of aryl methyl sites for hydroxylation is 1. The Hall–Kier alpha value is -3.47. The molecular weight excluding hydrogens is 367 g/mol. The molecule has 3 rings (SSSR count). The largest absolute Gasteiger partial charge is 0.352 e. The van der Waals surface area contributed by atoms with E-state index in [1.165, 1.54) is 6.07 Å². The smallest absolute Gasteiger partial charge is 0.251 e. The third kappa shape index (κ3) is 5.51. The Kier molecular flexibility index (Phi) is 6.74. The second-order valence-corrected chi connectivity index (χ2v) is 6.78. The van der Waals surface area contributed by atoms with Crippen molar-refractivity contribution in [2.45, 2.75) is 19.9 Å². The molecule has 0 fully saturated rings. The molecule has 0 unspecified atom stereocenters. The van der Waals surface area contributed by atoms with Crippen LogP contribution in [0.1, 0.15) is 37.4 Å². The summed E-state index contributed by atoms with van der Waals surface area (Å²) < 4.78 is 13.6. The first-order valence-electron chi connectivity index (χ1n) is 9.49. The quantitative estimate of drug-likeness (QED) is 0.640. The summed E-state index contributed by atoms with van der Waals surface area (Å²) in [5.41, 5.74) is 3.69. The highest BCUT2D eigenvalue weighted by molar-refractivity contribution is 5.97. The van der Waals surface area contributed by atoms with E-state index in [-0.39, 0.29) is 17.6 Å². The number of carbonyl (C=O) groups excluding carboxylic acids is 2. The molecule has 3 aromatic rings. The van der Waals surface area contributed by atoms with Crippen LogP contribution in [0.15, 0.2) is 72.8 Å². The standard InChI is InChI=1S/C24H23FN2O2/c1-17-6-2-3-8-21(17)16-27-24(29)20-12-10-19(11-13-20)23(28)26-15-14-18-7-4-5-9-22(18)25/h2-13H,14-16H2,1H3,(H,26,28)(H,27,29). The van der Waals surface area contributed by atoms with Crippen molar-refractivity contribution >= 4 is 11.8 Å². The molecule has 0 bridgehead atoms. The summed E-state index contributed by atoms with van der Waals surface area (Å²) in [7, 11) is 0. The monoisotopic (exact) mass is 390 g/mol. The molecule has 3 aromatic carbocycles. The van der Waals surface area contributed by atoms with Crippen LogP contribution in [0.5, 0.6) is 0 Å². The number of hydrogen-bond acceptors (Lipinski definition) is 2. The Bertz CT molecular complexity index is 1000. The van der Waals surface area contributed by atoms with Gasteiger partial charge in [-0.25, -0.2) is 4.39 Å². The zero-order chi connectivity index (χ0) is 20.6. The molecule has 0 heterocycles. The van der Waals surface area contributed by atoms with Gasteiger partial charge in [-0.1, -0.05) is 42.5 Å². The SMILES string of the molecule is Cc1ccccc1CNC(=O)c1ccc(C(=O)NCCc2ccccc2F)cc1. The van der Waals surface area contributed by atoms with E-state index < -0.39 is 0 Å². The summed E-state index contributed by atoms with van der Waals surface area (Å²) in [5, 5.41) is 5.66. The van der Waals surface area contributed by atoms with Crippen LogP contribution in [0.4, 0.5) is 4.39 Å². The van der Waals surface area contributed by atoms with E-state index in [9.17, 15) is 14.0 Å². The van der Waals surface area contributed by atoms with Crippen LogP contribution in [0.25, 0.3) is 0 Å². The first-order valence-corrected chi connectivity index (χ1v) is 9.49. The Balaban J connectivity index is 1.51. The number of nitrogens with one attached hydrogen (secondary N) is 2. The Morgan fingerprint density at radius 1 is 0.759 bits per heavy atom.